The third-order valence-electron chi connectivity index (χ3n) is 5.44. The van der Waals surface area contributed by atoms with Crippen molar-refractivity contribution in [3.63, 3.8) is 0 Å². The molecular formula is C26H27N3O3S. The summed E-state index contributed by atoms with van der Waals surface area (Å²) in [6.07, 6.45) is 3.48. The zero-order valence-corrected chi connectivity index (χ0v) is 20.3. The van der Waals surface area contributed by atoms with Crippen LogP contribution >= 0.6 is 11.3 Å². The van der Waals surface area contributed by atoms with Crippen LogP contribution < -0.4 is 14.4 Å². The molecule has 0 atom stereocenters. The van der Waals surface area contributed by atoms with Gasteiger partial charge in [0.25, 0.3) is 5.91 Å². The SMILES string of the molecule is COc1ccc(OC)c2sc(N(Cc3cccnc3)C(=O)c3ccc(C(C)(C)C)cc3)nc12. The minimum absolute atomic E-state index is 0.0110. The fraction of sp³-hybridized carbons (Fsp3) is 0.269. The molecule has 6 nitrogen and oxygen atoms in total. The predicted octanol–water partition coefficient (Wildman–Crippen LogP) is 5.85. The Morgan fingerprint density at radius 3 is 2.30 bits per heavy atom. The summed E-state index contributed by atoms with van der Waals surface area (Å²) in [5, 5.41) is 0.571. The molecule has 2 heterocycles. The first-order chi connectivity index (χ1) is 15.8. The van der Waals surface area contributed by atoms with Gasteiger partial charge in [0, 0.05) is 18.0 Å². The quantitative estimate of drug-likeness (QED) is 0.360. The van der Waals surface area contributed by atoms with E-state index in [9.17, 15) is 4.79 Å². The lowest BCUT2D eigenvalue weighted by Crippen LogP contribution is -2.30. The standard InChI is InChI=1S/C26H27N3O3S/c1-26(2,3)19-10-8-18(9-11-19)24(30)29(16-17-7-6-14-27-15-17)25-28-22-20(31-4)12-13-21(32-5)23(22)33-25/h6-15H,16H2,1-5H3. The molecule has 0 saturated heterocycles. The monoisotopic (exact) mass is 461 g/mol. The van der Waals surface area contributed by atoms with E-state index in [2.05, 4.69) is 25.8 Å². The van der Waals surface area contributed by atoms with Gasteiger partial charge in [0.2, 0.25) is 0 Å². The van der Waals surface area contributed by atoms with Crippen molar-refractivity contribution in [3.05, 3.63) is 77.6 Å². The summed E-state index contributed by atoms with van der Waals surface area (Å²) in [5.74, 6) is 1.20. The van der Waals surface area contributed by atoms with Crippen LogP contribution in [0.2, 0.25) is 0 Å². The van der Waals surface area contributed by atoms with E-state index in [4.69, 9.17) is 14.5 Å². The Labute approximate surface area is 197 Å². The minimum atomic E-state index is -0.128. The lowest BCUT2D eigenvalue weighted by molar-refractivity contribution is 0.0985. The van der Waals surface area contributed by atoms with Gasteiger partial charge in [-0.1, -0.05) is 50.3 Å². The summed E-state index contributed by atoms with van der Waals surface area (Å²) < 4.78 is 11.9. The van der Waals surface area contributed by atoms with Crippen molar-refractivity contribution >= 4 is 32.6 Å². The second kappa shape index (κ2) is 9.19. The van der Waals surface area contributed by atoms with E-state index >= 15 is 0 Å². The number of anilines is 1. The van der Waals surface area contributed by atoms with Crippen molar-refractivity contribution in [2.24, 2.45) is 0 Å². The van der Waals surface area contributed by atoms with Gasteiger partial charge in [0.15, 0.2) is 5.13 Å². The van der Waals surface area contributed by atoms with E-state index in [1.807, 2.05) is 48.5 Å². The number of aromatic nitrogens is 2. The van der Waals surface area contributed by atoms with E-state index in [1.54, 1.807) is 31.5 Å². The van der Waals surface area contributed by atoms with Crippen LogP contribution in [0, 0.1) is 0 Å². The lowest BCUT2D eigenvalue weighted by atomic mass is 9.86. The minimum Gasteiger partial charge on any atom is -0.495 e. The van der Waals surface area contributed by atoms with Crippen LogP contribution in [0.1, 0.15) is 42.3 Å². The number of ether oxygens (including phenoxy) is 2. The molecule has 0 radical (unpaired) electrons. The smallest absolute Gasteiger partial charge is 0.260 e. The molecule has 0 N–H and O–H groups in total. The van der Waals surface area contributed by atoms with Crippen LogP contribution in [-0.4, -0.2) is 30.1 Å². The number of pyridine rings is 1. The van der Waals surface area contributed by atoms with Crippen LogP contribution in [0.15, 0.2) is 60.9 Å². The average molecular weight is 462 g/mol. The van der Waals surface area contributed by atoms with Gasteiger partial charge in [0.1, 0.15) is 21.7 Å². The molecule has 4 aromatic rings. The number of hydrogen-bond donors (Lipinski definition) is 0. The van der Waals surface area contributed by atoms with Crippen LogP contribution in [-0.2, 0) is 12.0 Å². The van der Waals surface area contributed by atoms with Crippen molar-refractivity contribution in [3.8, 4) is 11.5 Å². The second-order valence-corrected chi connectivity index (χ2v) is 9.70. The molecule has 0 aliphatic heterocycles. The number of amides is 1. The summed E-state index contributed by atoms with van der Waals surface area (Å²) >= 11 is 1.40. The Morgan fingerprint density at radius 2 is 1.70 bits per heavy atom. The van der Waals surface area contributed by atoms with Gasteiger partial charge in [-0.3, -0.25) is 14.7 Å². The lowest BCUT2D eigenvalue weighted by Gasteiger charge is -2.22. The first-order valence-electron chi connectivity index (χ1n) is 10.6. The highest BCUT2D eigenvalue weighted by atomic mass is 32.1. The molecule has 2 aromatic carbocycles. The molecule has 170 valence electrons. The molecule has 1 amide bonds. The van der Waals surface area contributed by atoms with Gasteiger partial charge in [-0.2, -0.15) is 0 Å². The van der Waals surface area contributed by atoms with E-state index in [1.165, 1.54) is 16.9 Å². The molecule has 2 aromatic heterocycles. The summed E-state index contributed by atoms with van der Waals surface area (Å²) in [7, 11) is 3.23. The number of methoxy groups -OCH3 is 2. The number of hydrogen-bond acceptors (Lipinski definition) is 6. The fourth-order valence-electron chi connectivity index (χ4n) is 3.56. The van der Waals surface area contributed by atoms with Crippen molar-refractivity contribution in [1.82, 2.24) is 9.97 Å². The number of carbonyl (C=O) groups is 1. The number of rotatable bonds is 6. The maximum atomic E-state index is 13.7. The molecule has 0 fully saturated rings. The highest BCUT2D eigenvalue weighted by Gasteiger charge is 2.24. The number of nitrogens with zero attached hydrogens (tertiary/aromatic N) is 3. The maximum absolute atomic E-state index is 13.7. The van der Waals surface area contributed by atoms with Crippen LogP contribution in [0.5, 0.6) is 11.5 Å². The normalized spacial score (nSPS) is 11.4. The van der Waals surface area contributed by atoms with Crippen molar-refractivity contribution in [2.45, 2.75) is 32.7 Å². The third kappa shape index (κ3) is 4.68. The molecule has 0 aliphatic rings. The first kappa shape index (κ1) is 22.7. The highest BCUT2D eigenvalue weighted by Crippen LogP contribution is 2.40. The Kier molecular flexibility index (Phi) is 6.33. The van der Waals surface area contributed by atoms with Gasteiger partial charge in [-0.05, 0) is 46.9 Å². The first-order valence-corrected chi connectivity index (χ1v) is 11.5. The van der Waals surface area contributed by atoms with Crippen LogP contribution in [0.25, 0.3) is 10.2 Å². The molecule has 33 heavy (non-hydrogen) atoms. The maximum Gasteiger partial charge on any atom is 0.260 e. The largest absolute Gasteiger partial charge is 0.495 e. The van der Waals surface area contributed by atoms with Gasteiger partial charge in [0.05, 0.1) is 20.8 Å². The Morgan fingerprint density at radius 1 is 1.00 bits per heavy atom. The summed E-state index contributed by atoms with van der Waals surface area (Å²) in [5.41, 5.74) is 3.37. The van der Waals surface area contributed by atoms with E-state index in [0.29, 0.717) is 34.3 Å². The number of carbonyl (C=O) groups excluding carboxylic acids is 1. The number of benzene rings is 2. The third-order valence-corrected chi connectivity index (χ3v) is 6.53. The highest BCUT2D eigenvalue weighted by molar-refractivity contribution is 7.22. The summed E-state index contributed by atoms with van der Waals surface area (Å²) in [6, 6.07) is 15.3. The molecule has 0 spiro atoms. The second-order valence-electron chi connectivity index (χ2n) is 8.72. The summed E-state index contributed by atoms with van der Waals surface area (Å²) in [4.78, 5) is 24.4. The van der Waals surface area contributed by atoms with Crippen molar-refractivity contribution < 1.29 is 14.3 Å². The van der Waals surface area contributed by atoms with Crippen LogP contribution in [0.3, 0.4) is 0 Å². The molecular weight excluding hydrogens is 434 g/mol. The molecule has 0 aliphatic carbocycles. The van der Waals surface area contributed by atoms with Gasteiger partial charge >= 0.3 is 0 Å². The average Bonchev–Trinajstić information content (AvgIpc) is 3.27. The molecule has 4 rings (SSSR count). The van der Waals surface area contributed by atoms with E-state index in [-0.39, 0.29) is 11.3 Å². The number of fused-ring (bicyclic) bond motifs is 1. The number of thiazole rings is 1. The van der Waals surface area contributed by atoms with Gasteiger partial charge < -0.3 is 9.47 Å². The van der Waals surface area contributed by atoms with Crippen LogP contribution in [0.4, 0.5) is 5.13 Å². The van der Waals surface area contributed by atoms with Gasteiger partial charge in [-0.25, -0.2) is 4.98 Å². The Balaban J connectivity index is 1.79. The molecule has 7 heteroatoms. The molecule has 0 saturated carbocycles. The molecule has 0 bridgehead atoms. The van der Waals surface area contributed by atoms with Crippen molar-refractivity contribution in [2.75, 3.05) is 19.1 Å². The van der Waals surface area contributed by atoms with E-state index in [0.717, 1.165) is 10.3 Å². The molecule has 0 unspecified atom stereocenters. The zero-order chi connectivity index (χ0) is 23.6. The summed E-state index contributed by atoms with van der Waals surface area (Å²) in [6.45, 7) is 6.81. The van der Waals surface area contributed by atoms with Crippen molar-refractivity contribution in [1.29, 1.82) is 0 Å². The Hall–Kier alpha value is -3.45. The Bertz CT molecular complexity index is 1220. The van der Waals surface area contributed by atoms with E-state index < -0.39 is 0 Å². The van der Waals surface area contributed by atoms with Gasteiger partial charge in [-0.15, -0.1) is 0 Å². The predicted molar refractivity (Wildman–Crippen MR) is 133 cm³/mol. The topological polar surface area (TPSA) is 64.6 Å². The fourth-order valence-corrected chi connectivity index (χ4v) is 4.63. The zero-order valence-electron chi connectivity index (χ0n) is 19.5.